The number of nitrogens with zero attached hydrogens (tertiary/aromatic N) is 3. The SMILES string of the molecule is Cc1noc(C)c1CN1CCc2c(C(=O)NCCCN3CCCC3)csc2C1. The van der Waals surface area contributed by atoms with Crippen LogP contribution in [0.25, 0.3) is 0 Å². The number of carbonyl (C=O) groups is 1. The minimum absolute atomic E-state index is 0.0955. The molecule has 0 aromatic carbocycles. The Balaban J connectivity index is 1.30. The van der Waals surface area contributed by atoms with Crippen LogP contribution in [0.4, 0.5) is 0 Å². The van der Waals surface area contributed by atoms with E-state index in [9.17, 15) is 4.79 Å². The second-order valence-corrected chi connectivity index (χ2v) is 8.94. The second kappa shape index (κ2) is 8.76. The molecule has 7 heteroatoms. The number of thiophene rings is 1. The third kappa shape index (κ3) is 4.31. The molecule has 1 saturated heterocycles. The smallest absolute Gasteiger partial charge is 0.252 e. The van der Waals surface area contributed by atoms with Crippen molar-refractivity contribution in [3.63, 3.8) is 0 Å². The number of amides is 1. The van der Waals surface area contributed by atoms with Gasteiger partial charge in [-0.25, -0.2) is 0 Å². The molecule has 6 nitrogen and oxygen atoms in total. The van der Waals surface area contributed by atoms with E-state index >= 15 is 0 Å². The molecule has 2 aromatic heterocycles. The number of aryl methyl sites for hydroxylation is 2. The number of carbonyl (C=O) groups excluding carboxylic acids is 1. The molecule has 0 atom stereocenters. The molecule has 0 aliphatic carbocycles. The average Bonchev–Trinajstić information content (AvgIpc) is 3.42. The zero-order chi connectivity index (χ0) is 19.5. The van der Waals surface area contributed by atoms with Gasteiger partial charge >= 0.3 is 0 Å². The van der Waals surface area contributed by atoms with Crippen molar-refractivity contribution < 1.29 is 9.32 Å². The van der Waals surface area contributed by atoms with E-state index in [0.717, 1.165) is 62.6 Å². The lowest BCUT2D eigenvalue weighted by Crippen LogP contribution is -2.32. The van der Waals surface area contributed by atoms with E-state index in [1.54, 1.807) is 11.3 Å². The second-order valence-electron chi connectivity index (χ2n) is 7.97. The molecule has 0 spiro atoms. The molecular formula is C21H30N4O2S. The van der Waals surface area contributed by atoms with Crippen LogP contribution < -0.4 is 5.32 Å². The van der Waals surface area contributed by atoms with Crippen LogP contribution >= 0.6 is 11.3 Å². The minimum atomic E-state index is 0.0955. The van der Waals surface area contributed by atoms with Gasteiger partial charge in [0.15, 0.2) is 0 Å². The molecule has 1 N–H and O–H groups in total. The van der Waals surface area contributed by atoms with E-state index in [0.29, 0.717) is 0 Å². The summed E-state index contributed by atoms with van der Waals surface area (Å²) >= 11 is 1.71. The summed E-state index contributed by atoms with van der Waals surface area (Å²) in [5.74, 6) is 1.00. The molecule has 1 amide bonds. The van der Waals surface area contributed by atoms with Crippen LogP contribution in [0, 0.1) is 13.8 Å². The lowest BCUT2D eigenvalue weighted by Gasteiger charge is -2.27. The predicted molar refractivity (Wildman–Crippen MR) is 111 cm³/mol. The normalized spacial score (nSPS) is 17.8. The van der Waals surface area contributed by atoms with Gasteiger partial charge in [0.1, 0.15) is 5.76 Å². The van der Waals surface area contributed by atoms with Gasteiger partial charge in [-0.3, -0.25) is 9.69 Å². The Labute approximate surface area is 170 Å². The monoisotopic (exact) mass is 402 g/mol. The summed E-state index contributed by atoms with van der Waals surface area (Å²) in [5, 5.41) is 9.23. The van der Waals surface area contributed by atoms with Crippen LogP contribution in [0.2, 0.25) is 0 Å². The number of aromatic nitrogens is 1. The Hall–Kier alpha value is -1.70. The number of hydrogen-bond donors (Lipinski definition) is 1. The first-order valence-corrected chi connectivity index (χ1v) is 11.2. The van der Waals surface area contributed by atoms with Gasteiger partial charge in [0.05, 0.1) is 11.3 Å². The zero-order valence-electron chi connectivity index (χ0n) is 16.9. The predicted octanol–water partition coefficient (Wildman–Crippen LogP) is 3.13. The van der Waals surface area contributed by atoms with Gasteiger partial charge in [0.2, 0.25) is 0 Å². The van der Waals surface area contributed by atoms with Crippen molar-refractivity contribution in [3.8, 4) is 0 Å². The van der Waals surface area contributed by atoms with Crippen LogP contribution in [0.15, 0.2) is 9.90 Å². The van der Waals surface area contributed by atoms with Crippen molar-refractivity contribution in [2.24, 2.45) is 0 Å². The summed E-state index contributed by atoms with van der Waals surface area (Å²) in [4.78, 5) is 18.9. The Kier molecular flexibility index (Phi) is 6.13. The fourth-order valence-electron chi connectivity index (χ4n) is 4.26. The molecule has 4 heterocycles. The van der Waals surface area contributed by atoms with Crippen molar-refractivity contribution >= 4 is 17.2 Å². The first kappa shape index (κ1) is 19.6. The summed E-state index contributed by atoms with van der Waals surface area (Å²) in [7, 11) is 0. The fourth-order valence-corrected chi connectivity index (χ4v) is 5.38. The van der Waals surface area contributed by atoms with E-state index in [1.807, 2.05) is 19.2 Å². The summed E-state index contributed by atoms with van der Waals surface area (Å²) in [6, 6.07) is 0. The molecule has 2 aromatic rings. The summed E-state index contributed by atoms with van der Waals surface area (Å²) in [6.45, 7) is 11.0. The molecule has 0 bridgehead atoms. The molecule has 2 aliphatic heterocycles. The van der Waals surface area contributed by atoms with Crippen molar-refractivity contribution in [1.29, 1.82) is 0 Å². The first-order valence-electron chi connectivity index (χ1n) is 10.4. The van der Waals surface area contributed by atoms with Crippen molar-refractivity contribution in [2.75, 3.05) is 32.7 Å². The van der Waals surface area contributed by atoms with Gasteiger partial charge in [-0.05, 0) is 64.7 Å². The molecule has 0 saturated carbocycles. The average molecular weight is 403 g/mol. The van der Waals surface area contributed by atoms with E-state index in [1.165, 1.54) is 41.9 Å². The largest absolute Gasteiger partial charge is 0.361 e. The topological polar surface area (TPSA) is 61.6 Å². The third-order valence-electron chi connectivity index (χ3n) is 5.97. The number of rotatable bonds is 7. The van der Waals surface area contributed by atoms with Crippen LogP contribution in [0.1, 0.15) is 57.1 Å². The van der Waals surface area contributed by atoms with Crippen LogP contribution in [0.3, 0.4) is 0 Å². The van der Waals surface area contributed by atoms with E-state index in [-0.39, 0.29) is 5.91 Å². The first-order chi connectivity index (χ1) is 13.6. The number of hydrogen-bond acceptors (Lipinski definition) is 6. The quantitative estimate of drug-likeness (QED) is 0.721. The van der Waals surface area contributed by atoms with E-state index in [2.05, 4.69) is 20.3 Å². The zero-order valence-corrected chi connectivity index (χ0v) is 17.7. The highest BCUT2D eigenvalue weighted by atomic mass is 32.1. The lowest BCUT2D eigenvalue weighted by atomic mass is 10.0. The molecule has 0 unspecified atom stereocenters. The van der Waals surface area contributed by atoms with Crippen LogP contribution in [-0.2, 0) is 19.5 Å². The molecular weight excluding hydrogens is 372 g/mol. The Morgan fingerprint density at radius 2 is 2.07 bits per heavy atom. The Morgan fingerprint density at radius 1 is 1.25 bits per heavy atom. The lowest BCUT2D eigenvalue weighted by molar-refractivity contribution is 0.0950. The van der Waals surface area contributed by atoms with Gasteiger partial charge in [-0.1, -0.05) is 5.16 Å². The van der Waals surface area contributed by atoms with E-state index in [4.69, 9.17) is 4.52 Å². The van der Waals surface area contributed by atoms with Crippen LogP contribution in [0.5, 0.6) is 0 Å². The number of likely N-dealkylation sites (tertiary alicyclic amines) is 1. The minimum Gasteiger partial charge on any atom is -0.361 e. The highest BCUT2D eigenvalue weighted by Gasteiger charge is 2.25. The molecule has 152 valence electrons. The van der Waals surface area contributed by atoms with Crippen LogP contribution in [-0.4, -0.2) is 53.6 Å². The van der Waals surface area contributed by atoms with Gasteiger partial charge in [-0.15, -0.1) is 11.3 Å². The molecule has 2 aliphatic rings. The summed E-state index contributed by atoms with van der Waals surface area (Å²) < 4.78 is 5.29. The highest BCUT2D eigenvalue weighted by molar-refractivity contribution is 7.10. The van der Waals surface area contributed by atoms with Gasteiger partial charge < -0.3 is 14.7 Å². The fraction of sp³-hybridized carbons (Fsp3) is 0.619. The molecule has 4 rings (SSSR count). The summed E-state index contributed by atoms with van der Waals surface area (Å²) in [6.07, 6.45) is 4.60. The number of fused-ring (bicyclic) bond motifs is 1. The van der Waals surface area contributed by atoms with Gasteiger partial charge in [0.25, 0.3) is 5.91 Å². The standard InChI is InChI=1S/C21H30N4O2S/c1-15-18(16(2)27-23-15)12-25-11-6-17-19(14-28-20(17)13-25)21(26)22-7-5-10-24-8-3-4-9-24/h14H,3-13H2,1-2H3,(H,22,26). The molecule has 0 radical (unpaired) electrons. The Bertz CT molecular complexity index is 803. The van der Waals surface area contributed by atoms with Gasteiger partial charge in [0, 0.05) is 42.0 Å². The van der Waals surface area contributed by atoms with Crippen molar-refractivity contribution in [2.45, 2.75) is 52.6 Å². The molecule has 1 fully saturated rings. The maximum Gasteiger partial charge on any atom is 0.252 e. The van der Waals surface area contributed by atoms with E-state index < -0.39 is 0 Å². The maximum atomic E-state index is 12.6. The van der Waals surface area contributed by atoms with Gasteiger partial charge in [-0.2, -0.15) is 0 Å². The number of nitrogens with one attached hydrogen (secondary N) is 1. The Morgan fingerprint density at radius 3 is 2.82 bits per heavy atom. The maximum absolute atomic E-state index is 12.6. The summed E-state index contributed by atoms with van der Waals surface area (Å²) in [5.41, 5.74) is 4.30. The van der Waals surface area contributed by atoms with Crippen molar-refractivity contribution in [3.05, 3.63) is 38.4 Å². The third-order valence-corrected chi connectivity index (χ3v) is 6.98. The highest BCUT2D eigenvalue weighted by Crippen LogP contribution is 2.30. The van der Waals surface area contributed by atoms with Crippen molar-refractivity contribution in [1.82, 2.24) is 20.3 Å². The molecule has 28 heavy (non-hydrogen) atoms.